The third-order valence-corrected chi connectivity index (χ3v) is 11.7. The van der Waals surface area contributed by atoms with Crippen molar-refractivity contribution in [1.82, 2.24) is 14.9 Å². The van der Waals surface area contributed by atoms with E-state index in [-0.39, 0.29) is 0 Å². The van der Waals surface area contributed by atoms with Gasteiger partial charge in [0.25, 0.3) is 0 Å². The molecule has 288 valence electrons. The van der Waals surface area contributed by atoms with Gasteiger partial charge in [-0.05, 0) is 140 Å². The topological polar surface area (TPSA) is 69.2 Å². The highest BCUT2D eigenvalue weighted by molar-refractivity contribution is 5.68. The predicted octanol–water partition coefficient (Wildman–Crippen LogP) is 10.0. The van der Waals surface area contributed by atoms with Crippen molar-refractivity contribution in [3.63, 3.8) is 0 Å². The highest BCUT2D eigenvalue weighted by atomic mass is 16.5. The number of ether oxygens (including phenoxy) is 4. The van der Waals surface area contributed by atoms with E-state index in [2.05, 4.69) is 96.4 Å². The van der Waals surface area contributed by atoms with E-state index in [1.54, 1.807) is 28.4 Å². The Morgan fingerprint density at radius 2 is 1.36 bits per heavy atom. The van der Waals surface area contributed by atoms with E-state index in [1.807, 2.05) is 12.4 Å². The molecule has 55 heavy (non-hydrogen) atoms. The second kappa shape index (κ2) is 17.6. The molecule has 1 saturated carbocycles. The third-order valence-electron chi connectivity index (χ3n) is 11.7. The lowest BCUT2D eigenvalue weighted by atomic mass is 9.79. The highest BCUT2D eigenvalue weighted by Crippen LogP contribution is 2.46. The zero-order valence-corrected chi connectivity index (χ0v) is 33.4. The Labute approximate surface area is 327 Å². The first-order valence-electron chi connectivity index (χ1n) is 19.9. The summed E-state index contributed by atoms with van der Waals surface area (Å²) in [4.78, 5) is 14.8. The molecule has 3 aromatic carbocycles. The van der Waals surface area contributed by atoms with Gasteiger partial charge < -0.3 is 23.8 Å². The molecule has 7 rings (SSSR count). The average molecular weight is 741 g/mol. The largest absolute Gasteiger partial charge is 0.497 e. The molecule has 1 aliphatic heterocycles. The summed E-state index contributed by atoms with van der Waals surface area (Å²) >= 11 is 0. The van der Waals surface area contributed by atoms with Gasteiger partial charge in [0.15, 0.2) is 11.5 Å². The number of methoxy groups -OCH3 is 4. The molecular formula is C47H56N4O4. The number of pyridine rings is 2. The number of piperidine rings is 1. The molecule has 1 aliphatic carbocycles. The normalized spacial score (nSPS) is 15.0. The minimum Gasteiger partial charge on any atom is -0.497 e. The van der Waals surface area contributed by atoms with E-state index in [0.29, 0.717) is 12.0 Å². The van der Waals surface area contributed by atoms with Crippen molar-refractivity contribution in [3.8, 4) is 45.5 Å². The second-order valence-corrected chi connectivity index (χ2v) is 15.1. The lowest BCUT2D eigenvalue weighted by molar-refractivity contribution is 0.201. The van der Waals surface area contributed by atoms with Crippen LogP contribution >= 0.6 is 0 Å². The Balaban J connectivity index is 1.09. The van der Waals surface area contributed by atoms with Gasteiger partial charge in [0.2, 0.25) is 0 Å². The molecule has 0 amide bonds. The van der Waals surface area contributed by atoms with Gasteiger partial charge in [0.05, 0.1) is 39.8 Å². The number of hydrogen-bond donors (Lipinski definition) is 0. The van der Waals surface area contributed by atoms with Crippen molar-refractivity contribution >= 4 is 5.69 Å². The van der Waals surface area contributed by atoms with E-state index in [0.717, 1.165) is 97.4 Å². The van der Waals surface area contributed by atoms with Gasteiger partial charge >= 0.3 is 0 Å². The van der Waals surface area contributed by atoms with Crippen molar-refractivity contribution in [3.05, 3.63) is 113 Å². The van der Waals surface area contributed by atoms with Crippen molar-refractivity contribution in [2.24, 2.45) is 0 Å². The molecule has 3 heterocycles. The summed E-state index contributed by atoms with van der Waals surface area (Å²) in [6.07, 6.45) is 11.8. The fraction of sp³-hybridized carbons (Fsp3) is 0.404. The molecule has 2 aromatic heterocycles. The number of aryl methyl sites for hydroxylation is 1. The predicted molar refractivity (Wildman–Crippen MR) is 222 cm³/mol. The summed E-state index contributed by atoms with van der Waals surface area (Å²) in [5, 5.41) is 0. The molecule has 0 atom stereocenters. The van der Waals surface area contributed by atoms with E-state index >= 15 is 0 Å². The first kappa shape index (κ1) is 38.2. The van der Waals surface area contributed by atoms with Crippen molar-refractivity contribution in [1.29, 1.82) is 0 Å². The Hall–Kier alpha value is -5.08. The summed E-state index contributed by atoms with van der Waals surface area (Å²) in [6.45, 7) is 8.09. The van der Waals surface area contributed by atoms with E-state index in [4.69, 9.17) is 28.9 Å². The van der Waals surface area contributed by atoms with Crippen LogP contribution in [0, 0.1) is 6.92 Å². The zero-order chi connectivity index (χ0) is 38.3. The summed E-state index contributed by atoms with van der Waals surface area (Å²) in [6, 6.07) is 26.5. The van der Waals surface area contributed by atoms with Crippen LogP contribution in [-0.4, -0.2) is 62.4 Å². The van der Waals surface area contributed by atoms with Crippen LogP contribution in [0.25, 0.3) is 22.5 Å². The van der Waals surface area contributed by atoms with Gasteiger partial charge in [0, 0.05) is 67.0 Å². The number of hydrogen-bond acceptors (Lipinski definition) is 8. The number of anilines is 1. The van der Waals surface area contributed by atoms with Crippen LogP contribution in [0.3, 0.4) is 0 Å². The molecule has 8 heteroatoms. The summed E-state index contributed by atoms with van der Waals surface area (Å²) in [7, 11) is 6.93. The Kier molecular flexibility index (Phi) is 12.2. The van der Waals surface area contributed by atoms with Gasteiger partial charge in [0.1, 0.15) is 11.5 Å². The number of benzene rings is 3. The van der Waals surface area contributed by atoms with Gasteiger partial charge in [-0.1, -0.05) is 19.8 Å². The molecule has 2 fully saturated rings. The molecule has 5 aromatic rings. The average Bonchev–Trinajstić information content (AvgIpc) is 3.20. The zero-order valence-electron chi connectivity index (χ0n) is 33.4. The highest BCUT2D eigenvalue weighted by Gasteiger charge is 2.28. The molecule has 8 nitrogen and oxygen atoms in total. The Morgan fingerprint density at radius 1 is 0.709 bits per heavy atom. The van der Waals surface area contributed by atoms with Crippen LogP contribution in [0.4, 0.5) is 5.69 Å². The first-order valence-corrected chi connectivity index (χ1v) is 19.9. The number of nitrogens with zero attached hydrogens (tertiary/aromatic N) is 4. The quantitative estimate of drug-likeness (QED) is 0.105. The SMILES string of the molecule is CCCc1cc(-c2cc(CN3CCC(N(Cc4ccnc(-c5cc(OC)c(OC)c(C6CCC6)c5)c4)c4ccc(OC)cc4)CC3)ccn2)cc(OC)c1C. The smallest absolute Gasteiger partial charge is 0.164 e. The Bertz CT molecular complexity index is 2050. The molecule has 0 radical (unpaired) electrons. The van der Waals surface area contributed by atoms with Crippen molar-refractivity contribution in [2.75, 3.05) is 46.4 Å². The lowest BCUT2D eigenvalue weighted by Crippen LogP contribution is -2.44. The minimum atomic E-state index is 0.387. The Morgan fingerprint density at radius 3 is 1.98 bits per heavy atom. The number of rotatable bonds is 15. The van der Waals surface area contributed by atoms with Crippen LogP contribution < -0.4 is 23.8 Å². The lowest BCUT2D eigenvalue weighted by Gasteiger charge is -2.40. The van der Waals surface area contributed by atoms with Crippen LogP contribution in [0.1, 0.15) is 79.2 Å². The molecular weight excluding hydrogens is 685 g/mol. The summed E-state index contributed by atoms with van der Waals surface area (Å²) < 4.78 is 22.9. The minimum absolute atomic E-state index is 0.387. The van der Waals surface area contributed by atoms with E-state index in [9.17, 15) is 0 Å². The molecule has 0 N–H and O–H groups in total. The fourth-order valence-electron chi connectivity index (χ4n) is 8.31. The van der Waals surface area contributed by atoms with Crippen LogP contribution in [0.15, 0.2) is 85.2 Å². The van der Waals surface area contributed by atoms with Crippen molar-refractivity contribution in [2.45, 2.75) is 83.8 Å². The van der Waals surface area contributed by atoms with Crippen molar-refractivity contribution < 1.29 is 18.9 Å². The van der Waals surface area contributed by atoms with Gasteiger partial charge in [-0.3, -0.25) is 14.9 Å². The van der Waals surface area contributed by atoms with Gasteiger partial charge in [-0.25, -0.2) is 0 Å². The fourth-order valence-corrected chi connectivity index (χ4v) is 8.31. The van der Waals surface area contributed by atoms with Crippen LogP contribution in [-0.2, 0) is 19.5 Å². The number of aromatic nitrogens is 2. The van der Waals surface area contributed by atoms with E-state index in [1.165, 1.54) is 52.8 Å². The van der Waals surface area contributed by atoms with E-state index < -0.39 is 0 Å². The first-order chi connectivity index (χ1) is 26.9. The molecule has 1 saturated heterocycles. The molecule has 0 bridgehead atoms. The van der Waals surface area contributed by atoms with Gasteiger partial charge in [-0.15, -0.1) is 0 Å². The second-order valence-electron chi connectivity index (χ2n) is 15.1. The third kappa shape index (κ3) is 8.60. The van der Waals surface area contributed by atoms with Crippen LogP contribution in [0.2, 0.25) is 0 Å². The van der Waals surface area contributed by atoms with Gasteiger partial charge in [-0.2, -0.15) is 0 Å². The number of likely N-dealkylation sites (tertiary alicyclic amines) is 1. The standard InChI is InChI=1S/C47H56N4O4/c1-7-9-36-26-37(28-45(53-4)32(36)2)43-24-33(16-20-48-43)30-50-22-18-40(19-23-50)51(39-12-14-41(52-3)15-13-39)31-34-17-21-49-44(25-34)38-27-42(35-10-8-11-35)47(55-6)46(29-38)54-5/h12-17,20-21,24-29,35,40H,7-11,18-19,22-23,30-31H2,1-6H3. The monoisotopic (exact) mass is 740 g/mol. The maximum atomic E-state index is 5.84. The maximum Gasteiger partial charge on any atom is 0.164 e. The summed E-state index contributed by atoms with van der Waals surface area (Å²) in [5.74, 6) is 3.91. The summed E-state index contributed by atoms with van der Waals surface area (Å²) in [5.41, 5.74) is 11.6. The maximum absolute atomic E-state index is 5.84. The molecule has 0 unspecified atom stereocenters. The molecule has 2 aliphatic rings. The van der Waals surface area contributed by atoms with Crippen LogP contribution in [0.5, 0.6) is 23.0 Å². The molecule has 0 spiro atoms.